The molecule has 0 aliphatic carbocycles. The van der Waals surface area contributed by atoms with Crippen LogP contribution >= 0.6 is 0 Å². The summed E-state index contributed by atoms with van der Waals surface area (Å²) >= 11 is 0. The lowest BCUT2D eigenvalue weighted by atomic mass is 9.91. The van der Waals surface area contributed by atoms with Crippen LogP contribution in [-0.2, 0) is 6.42 Å². The second kappa shape index (κ2) is 9.67. The summed E-state index contributed by atoms with van der Waals surface area (Å²) in [6.07, 6.45) is 9.95. The van der Waals surface area contributed by atoms with E-state index in [0.717, 1.165) is 55.2 Å². The van der Waals surface area contributed by atoms with Crippen molar-refractivity contribution in [3.8, 4) is 11.4 Å². The normalized spacial score (nSPS) is 19.6. The van der Waals surface area contributed by atoms with Crippen LogP contribution in [0.5, 0.6) is 5.75 Å². The number of hydrogen-bond acceptors (Lipinski definition) is 4. The third kappa shape index (κ3) is 4.49. The first-order valence-corrected chi connectivity index (χ1v) is 12.4. The highest BCUT2D eigenvalue weighted by Gasteiger charge is 2.39. The van der Waals surface area contributed by atoms with E-state index in [9.17, 15) is 0 Å². The van der Waals surface area contributed by atoms with E-state index in [1.165, 1.54) is 27.8 Å². The molecule has 0 spiro atoms. The Labute approximate surface area is 204 Å². The Hall–Kier alpha value is -3.05. The van der Waals surface area contributed by atoms with Crippen LogP contribution in [0.2, 0.25) is 0 Å². The van der Waals surface area contributed by atoms with Crippen LogP contribution in [0.3, 0.4) is 0 Å². The van der Waals surface area contributed by atoms with Crippen molar-refractivity contribution in [3.63, 3.8) is 0 Å². The number of imidazole rings is 1. The first kappa shape index (κ1) is 24.1. The maximum Gasteiger partial charge on any atom is 0.127 e. The smallest absolute Gasteiger partial charge is 0.127 e. The minimum absolute atomic E-state index is 0.212. The number of benzene rings is 2. The van der Waals surface area contributed by atoms with Gasteiger partial charge in [0.2, 0.25) is 0 Å². The molecule has 0 saturated heterocycles. The van der Waals surface area contributed by atoms with Gasteiger partial charge < -0.3 is 15.0 Å². The first-order valence-electron chi connectivity index (χ1n) is 12.4. The quantitative estimate of drug-likeness (QED) is 0.495. The Morgan fingerprint density at radius 3 is 2.41 bits per heavy atom. The van der Waals surface area contributed by atoms with Gasteiger partial charge in [-0.15, -0.1) is 0 Å². The van der Waals surface area contributed by atoms with E-state index in [2.05, 4.69) is 67.9 Å². The van der Waals surface area contributed by atoms with E-state index < -0.39 is 0 Å². The molecule has 5 heteroatoms. The minimum Gasteiger partial charge on any atom is -0.485 e. The van der Waals surface area contributed by atoms with Gasteiger partial charge in [-0.05, 0) is 74.1 Å². The van der Waals surface area contributed by atoms with Gasteiger partial charge >= 0.3 is 0 Å². The lowest BCUT2D eigenvalue weighted by molar-refractivity contribution is 0.0670. The monoisotopic (exact) mass is 458 g/mol. The second-order valence-corrected chi connectivity index (χ2v) is 9.56. The van der Waals surface area contributed by atoms with Gasteiger partial charge in [0, 0.05) is 55.4 Å². The molecule has 3 aromatic rings. The fourth-order valence-electron chi connectivity index (χ4n) is 5.16. The highest BCUT2D eigenvalue weighted by Crippen LogP contribution is 2.44. The SMILES string of the molecule is CC.Cc1c(C)c2c(c(C)c1N)CC(C)(CN1CC=C(c3ccc(-n4ccnc4)cc3)CC1)O2. The van der Waals surface area contributed by atoms with Crippen LogP contribution in [0.4, 0.5) is 5.69 Å². The van der Waals surface area contributed by atoms with Crippen molar-refractivity contribution < 1.29 is 4.74 Å². The number of nitrogens with zero attached hydrogens (tertiary/aromatic N) is 3. The average Bonchev–Trinajstić information content (AvgIpc) is 3.52. The number of ether oxygens (including phenoxy) is 1. The van der Waals surface area contributed by atoms with Gasteiger partial charge in [0.25, 0.3) is 0 Å². The zero-order valence-corrected chi connectivity index (χ0v) is 21.5. The summed E-state index contributed by atoms with van der Waals surface area (Å²) in [5.74, 6) is 1.06. The Balaban J connectivity index is 0.00000133. The van der Waals surface area contributed by atoms with Gasteiger partial charge in [0.15, 0.2) is 0 Å². The van der Waals surface area contributed by atoms with Crippen molar-refractivity contribution in [1.29, 1.82) is 0 Å². The predicted octanol–water partition coefficient (Wildman–Crippen LogP) is 5.89. The molecule has 1 aromatic heterocycles. The molecule has 1 atom stereocenters. The Morgan fingerprint density at radius 2 is 1.79 bits per heavy atom. The number of hydrogen-bond donors (Lipinski definition) is 1. The zero-order valence-electron chi connectivity index (χ0n) is 21.5. The zero-order chi connectivity index (χ0) is 24.5. The lowest BCUT2D eigenvalue weighted by Crippen LogP contribution is -2.45. The molecule has 2 aromatic carbocycles. The van der Waals surface area contributed by atoms with Crippen molar-refractivity contribution >= 4 is 11.3 Å². The molecular weight excluding hydrogens is 420 g/mol. The molecule has 0 saturated carbocycles. The predicted molar refractivity (Wildman–Crippen MR) is 142 cm³/mol. The summed E-state index contributed by atoms with van der Waals surface area (Å²) in [6, 6.07) is 8.75. The molecule has 2 N–H and O–H groups in total. The Morgan fingerprint density at radius 1 is 1.06 bits per heavy atom. The molecule has 1 unspecified atom stereocenters. The van der Waals surface area contributed by atoms with Crippen molar-refractivity contribution in [2.75, 3.05) is 25.4 Å². The van der Waals surface area contributed by atoms with Crippen molar-refractivity contribution in [2.45, 2.75) is 60.0 Å². The molecule has 0 fully saturated rings. The fraction of sp³-hybridized carbons (Fsp3) is 0.414. The molecule has 2 aliphatic rings. The maximum absolute atomic E-state index is 6.58. The number of aromatic nitrogens is 2. The van der Waals surface area contributed by atoms with Gasteiger partial charge in [-0.2, -0.15) is 0 Å². The van der Waals surface area contributed by atoms with Crippen LogP contribution in [0.15, 0.2) is 49.1 Å². The summed E-state index contributed by atoms with van der Waals surface area (Å²) < 4.78 is 8.61. The highest BCUT2D eigenvalue weighted by molar-refractivity contribution is 5.68. The number of rotatable bonds is 4. The van der Waals surface area contributed by atoms with E-state index in [0.29, 0.717) is 0 Å². The average molecular weight is 459 g/mol. The summed E-state index contributed by atoms with van der Waals surface area (Å²) in [6.45, 7) is 15.5. The van der Waals surface area contributed by atoms with Crippen LogP contribution < -0.4 is 10.5 Å². The van der Waals surface area contributed by atoms with E-state index in [4.69, 9.17) is 10.5 Å². The van der Waals surface area contributed by atoms with Gasteiger partial charge in [0.05, 0.1) is 6.33 Å². The number of fused-ring (bicyclic) bond motifs is 1. The molecule has 180 valence electrons. The molecule has 0 radical (unpaired) electrons. The third-order valence-corrected chi connectivity index (χ3v) is 7.23. The molecule has 5 nitrogen and oxygen atoms in total. The molecule has 34 heavy (non-hydrogen) atoms. The topological polar surface area (TPSA) is 56.3 Å². The lowest BCUT2D eigenvalue weighted by Gasteiger charge is -2.34. The number of anilines is 1. The minimum atomic E-state index is -0.212. The molecule has 0 bridgehead atoms. The van der Waals surface area contributed by atoms with Gasteiger partial charge in [-0.3, -0.25) is 4.90 Å². The number of nitrogen functional groups attached to an aromatic ring is 1. The van der Waals surface area contributed by atoms with Crippen molar-refractivity contribution in [1.82, 2.24) is 14.5 Å². The van der Waals surface area contributed by atoms with Crippen molar-refractivity contribution in [2.24, 2.45) is 0 Å². The standard InChI is InChI=1S/C27H32N4O.C2H6/c1-18-19(2)26-24(20(3)25(18)28)15-27(4,32-26)16-30-12-9-22(10-13-30)21-5-7-23(8-6-21)31-14-11-29-17-31;1-2/h5-9,11,14,17H,10,12-13,15-16,28H2,1-4H3;1-2H3. The van der Waals surface area contributed by atoms with Crippen LogP contribution in [0.1, 0.15) is 55.0 Å². The summed E-state index contributed by atoms with van der Waals surface area (Å²) in [5, 5.41) is 0. The summed E-state index contributed by atoms with van der Waals surface area (Å²) in [4.78, 5) is 6.64. The van der Waals surface area contributed by atoms with E-state index in [1.54, 1.807) is 6.20 Å². The van der Waals surface area contributed by atoms with Gasteiger partial charge in [0.1, 0.15) is 11.4 Å². The summed E-state index contributed by atoms with van der Waals surface area (Å²) in [5.41, 5.74) is 15.7. The third-order valence-electron chi connectivity index (χ3n) is 7.23. The molecule has 3 heterocycles. The second-order valence-electron chi connectivity index (χ2n) is 9.56. The molecular formula is C29H38N4O. The van der Waals surface area contributed by atoms with Crippen LogP contribution in [0.25, 0.3) is 11.3 Å². The Kier molecular flexibility index (Phi) is 6.85. The largest absolute Gasteiger partial charge is 0.485 e. The molecule has 5 rings (SSSR count). The van der Waals surface area contributed by atoms with Crippen LogP contribution in [0, 0.1) is 20.8 Å². The van der Waals surface area contributed by atoms with Gasteiger partial charge in [-0.1, -0.05) is 32.1 Å². The van der Waals surface area contributed by atoms with Gasteiger partial charge in [-0.25, -0.2) is 4.98 Å². The fourth-order valence-corrected chi connectivity index (χ4v) is 5.16. The first-order chi connectivity index (χ1) is 16.3. The molecule has 0 amide bonds. The summed E-state index contributed by atoms with van der Waals surface area (Å²) in [7, 11) is 0. The van der Waals surface area contributed by atoms with E-state index >= 15 is 0 Å². The number of nitrogens with two attached hydrogens (primary N) is 1. The van der Waals surface area contributed by atoms with E-state index in [-0.39, 0.29) is 5.60 Å². The highest BCUT2D eigenvalue weighted by atomic mass is 16.5. The van der Waals surface area contributed by atoms with Crippen LogP contribution in [-0.4, -0.2) is 39.7 Å². The maximum atomic E-state index is 6.58. The van der Waals surface area contributed by atoms with E-state index in [1.807, 2.05) is 30.9 Å². The molecule has 2 aliphatic heterocycles. The Bertz CT molecular complexity index is 1140. The van der Waals surface area contributed by atoms with Crippen molar-refractivity contribution in [3.05, 3.63) is 76.9 Å².